The largest absolute Gasteiger partial charge is 0.384 e. The molecule has 0 fully saturated rings. The van der Waals surface area contributed by atoms with Crippen molar-refractivity contribution < 1.29 is 5.11 Å². The van der Waals surface area contributed by atoms with Gasteiger partial charge in [0.15, 0.2) is 0 Å². The highest BCUT2D eigenvalue weighted by molar-refractivity contribution is 9.10. The standard InChI is InChI=1S/C15H20BrN3O/c1-11(2)6-12-7-13(4-5-14(12)16)15(3,20)8-19-10-17-9-18-19/h4-5,7,9-11,20H,6,8H2,1-3H3. The van der Waals surface area contributed by atoms with Gasteiger partial charge >= 0.3 is 0 Å². The Morgan fingerprint density at radius 2 is 2.15 bits per heavy atom. The lowest BCUT2D eigenvalue weighted by Crippen LogP contribution is -2.28. The van der Waals surface area contributed by atoms with E-state index >= 15 is 0 Å². The predicted octanol–water partition coefficient (Wildman–Crippen LogP) is 3.15. The second kappa shape index (κ2) is 6.06. The van der Waals surface area contributed by atoms with Crippen molar-refractivity contribution in [2.24, 2.45) is 5.92 Å². The molecule has 1 heterocycles. The first-order valence-corrected chi connectivity index (χ1v) is 7.51. The first-order valence-electron chi connectivity index (χ1n) is 6.72. The molecule has 0 aliphatic heterocycles. The van der Waals surface area contributed by atoms with Gasteiger partial charge in [-0.2, -0.15) is 5.10 Å². The van der Waals surface area contributed by atoms with E-state index in [1.54, 1.807) is 17.9 Å². The fraction of sp³-hybridized carbons (Fsp3) is 0.467. The van der Waals surface area contributed by atoms with Gasteiger partial charge in [-0.05, 0) is 36.5 Å². The molecule has 1 unspecified atom stereocenters. The van der Waals surface area contributed by atoms with Crippen LogP contribution in [0.2, 0.25) is 0 Å². The van der Waals surface area contributed by atoms with Crippen LogP contribution in [0.5, 0.6) is 0 Å². The van der Waals surface area contributed by atoms with Gasteiger partial charge in [-0.1, -0.05) is 41.9 Å². The minimum atomic E-state index is -0.972. The topological polar surface area (TPSA) is 50.9 Å². The van der Waals surface area contributed by atoms with Crippen LogP contribution in [-0.2, 0) is 18.6 Å². The van der Waals surface area contributed by atoms with Crippen molar-refractivity contribution in [2.75, 3.05) is 0 Å². The van der Waals surface area contributed by atoms with Crippen molar-refractivity contribution in [3.05, 3.63) is 46.5 Å². The van der Waals surface area contributed by atoms with Crippen molar-refractivity contribution in [1.29, 1.82) is 0 Å². The van der Waals surface area contributed by atoms with Crippen LogP contribution < -0.4 is 0 Å². The van der Waals surface area contributed by atoms with Crippen molar-refractivity contribution in [1.82, 2.24) is 14.8 Å². The minimum absolute atomic E-state index is 0.385. The zero-order chi connectivity index (χ0) is 14.8. The van der Waals surface area contributed by atoms with Gasteiger partial charge < -0.3 is 5.11 Å². The molecule has 0 radical (unpaired) electrons. The maximum Gasteiger partial charge on any atom is 0.137 e. The van der Waals surface area contributed by atoms with E-state index in [1.165, 1.54) is 11.9 Å². The summed E-state index contributed by atoms with van der Waals surface area (Å²) < 4.78 is 2.73. The molecule has 0 amide bonds. The van der Waals surface area contributed by atoms with E-state index in [4.69, 9.17) is 0 Å². The third kappa shape index (κ3) is 3.67. The highest BCUT2D eigenvalue weighted by atomic mass is 79.9. The molecule has 1 aromatic carbocycles. The van der Waals surface area contributed by atoms with Crippen LogP contribution in [0.15, 0.2) is 35.3 Å². The lowest BCUT2D eigenvalue weighted by atomic mass is 9.92. The number of benzene rings is 1. The van der Waals surface area contributed by atoms with E-state index in [0.717, 1.165) is 16.5 Å². The third-order valence-electron chi connectivity index (χ3n) is 3.23. The Kier molecular flexibility index (Phi) is 4.60. The van der Waals surface area contributed by atoms with Crippen LogP contribution >= 0.6 is 15.9 Å². The molecule has 1 N–H and O–H groups in total. The van der Waals surface area contributed by atoms with Crippen LogP contribution in [-0.4, -0.2) is 19.9 Å². The Hall–Kier alpha value is -1.20. The smallest absolute Gasteiger partial charge is 0.137 e. The molecule has 0 aliphatic rings. The Bertz CT molecular complexity index is 565. The second-order valence-electron chi connectivity index (χ2n) is 5.77. The van der Waals surface area contributed by atoms with Gasteiger partial charge in [0, 0.05) is 4.47 Å². The average molecular weight is 338 g/mol. The zero-order valence-corrected chi connectivity index (χ0v) is 13.6. The Morgan fingerprint density at radius 3 is 2.75 bits per heavy atom. The molecule has 4 nitrogen and oxygen atoms in total. The van der Waals surface area contributed by atoms with E-state index in [0.29, 0.717) is 12.5 Å². The Morgan fingerprint density at radius 1 is 1.40 bits per heavy atom. The summed E-state index contributed by atoms with van der Waals surface area (Å²) in [6, 6.07) is 6.02. The molecule has 20 heavy (non-hydrogen) atoms. The molecule has 0 aliphatic carbocycles. The summed E-state index contributed by atoms with van der Waals surface area (Å²) in [4.78, 5) is 3.90. The zero-order valence-electron chi connectivity index (χ0n) is 12.0. The van der Waals surface area contributed by atoms with E-state index in [1.807, 2.05) is 12.1 Å². The van der Waals surface area contributed by atoms with Crippen molar-refractivity contribution in [2.45, 2.75) is 39.3 Å². The van der Waals surface area contributed by atoms with Gasteiger partial charge in [0.25, 0.3) is 0 Å². The number of hydrogen-bond donors (Lipinski definition) is 1. The molecule has 0 saturated carbocycles. The van der Waals surface area contributed by atoms with Gasteiger partial charge in [-0.15, -0.1) is 0 Å². The normalized spacial score (nSPS) is 14.5. The number of halogens is 1. The van der Waals surface area contributed by atoms with E-state index in [-0.39, 0.29) is 0 Å². The maximum atomic E-state index is 10.7. The van der Waals surface area contributed by atoms with Crippen LogP contribution in [0.3, 0.4) is 0 Å². The molecular weight excluding hydrogens is 318 g/mol. The van der Waals surface area contributed by atoms with Gasteiger partial charge in [0.05, 0.1) is 6.54 Å². The van der Waals surface area contributed by atoms with Crippen molar-refractivity contribution in [3.8, 4) is 0 Å². The van der Waals surface area contributed by atoms with E-state index in [2.05, 4.69) is 45.9 Å². The molecule has 2 rings (SSSR count). The molecule has 2 aromatic rings. The molecular formula is C15H20BrN3O. The molecule has 0 bridgehead atoms. The van der Waals surface area contributed by atoms with Crippen LogP contribution in [0.25, 0.3) is 0 Å². The van der Waals surface area contributed by atoms with Crippen LogP contribution in [0.1, 0.15) is 31.9 Å². The highest BCUT2D eigenvalue weighted by Gasteiger charge is 2.25. The van der Waals surface area contributed by atoms with E-state index in [9.17, 15) is 5.11 Å². The number of aromatic nitrogens is 3. The molecule has 5 heteroatoms. The van der Waals surface area contributed by atoms with Gasteiger partial charge in [-0.3, -0.25) is 0 Å². The molecule has 0 saturated heterocycles. The number of rotatable bonds is 5. The first kappa shape index (κ1) is 15.2. The first-order chi connectivity index (χ1) is 9.38. The van der Waals surface area contributed by atoms with Crippen LogP contribution in [0.4, 0.5) is 0 Å². The fourth-order valence-corrected chi connectivity index (χ4v) is 2.64. The summed E-state index contributed by atoms with van der Waals surface area (Å²) in [5.74, 6) is 0.571. The van der Waals surface area contributed by atoms with Crippen molar-refractivity contribution >= 4 is 15.9 Å². The Labute approximate surface area is 128 Å². The van der Waals surface area contributed by atoms with Gasteiger partial charge in [-0.25, -0.2) is 9.67 Å². The number of nitrogens with zero attached hydrogens (tertiary/aromatic N) is 3. The lowest BCUT2D eigenvalue weighted by Gasteiger charge is -2.24. The summed E-state index contributed by atoms with van der Waals surface area (Å²) in [5, 5.41) is 14.8. The second-order valence-corrected chi connectivity index (χ2v) is 6.63. The quantitative estimate of drug-likeness (QED) is 0.911. The fourth-order valence-electron chi connectivity index (χ4n) is 2.23. The molecule has 108 valence electrons. The Balaban J connectivity index is 2.26. The van der Waals surface area contributed by atoms with E-state index < -0.39 is 5.60 Å². The van der Waals surface area contributed by atoms with Gasteiger partial charge in [0.1, 0.15) is 18.3 Å². The molecule has 0 spiro atoms. The number of aliphatic hydroxyl groups is 1. The average Bonchev–Trinajstić information content (AvgIpc) is 2.83. The lowest BCUT2D eigenvalue weighted by molar-refractivity contribution is 0.0344. The summed E-state index contributed by atoms with van der Waals surface area (Å²) >= 11 is 3.58. The summed E-state index contributed by atoms with van der Waals surface area (Å²) in [6.45, 7) is 6.56. The molecule has 1 atom stereocenters. The predicted molar refractivity (Wildman–Crippen MR) is 82.3 cm³/mol. The maximum absolute atomic E-state index is 10.7. The number of hydrogen-bond acceptors (Lipinski definition) is 3. The van der Waals surface area contributed by atoms with Gasteiger partial charge in [0.2, 0.25) is 0 Å². The SMILES string of the molecule is CC(C)Cc1cc(C(C)(O)Cn2cncn2)ccc1Br. The molecule has 1 aromatic heterocycles. The minimum Gasteiger partial charge on any atom is -0.384 e. The highest BCUT2D eigenvalue weighted by Crippen LogP contribution is 2.28. The van der Waals surface area contributed by atoms with Crippen LogP contribution in [0, 0.1) is 5.92 Å². The summed E-state index contributed by atoms with van der Waals surface area (Å²) in [5.41, 5.74) is 1.14. The monoisotopic (exact) mass is 337 g/mol. The summed E-state index contributed by atoms with van der Waals surface area (Å²) in [7, 11) is 0. The van der Waals surface area contributed by atoms with Crippen molar-refractivity contribution in [3.63, 3.8) is 0 Å². The third-order valence-corrected chi connectivity index (χ3v) is 4.01. The summed E-state index contributed by atoms with van der Waals surface area (Å²) in [6.07, 6.45) is 4.07.